The van der Waals surface area contributed by atoms with Crippen LogP contribution in [0.4, 0.5) is 0 Å². The third-order valence-electron chi connectivity index (χ3n) is 12.5. The Morgan fingerprint density at radius 2 is 1.65 bits per heavy atom. The van der Waals surface area contributed by atoms with E-state index in [0.717, 1.165) is 12.0 Å². The minimum atomic E-state index is -1.24. The Hall–Kier alpha value is -1.32. The van der Waals surface area contributed by atoms with Gasteiger partial charge < -0.3 is 29.9 Å². The summed E-state index contributed by atoms with van der Waals surface area (Å²) in [5.41, 5.74) is -3.56. The van der Waals surface area contributed by atoms with Crippen molar-refractivity contribution in [2.75, 3.05) is 0 Å². The second-order valence-corrected chi connectivity index (χ2v) is 13.9. The van der Waals surface area contributed by atoms with Crippen LogP contribution in [0.25, 0.3) is 0 Å². The Balaban J connectivity index is 1.37. The number of aliphatic hydroxyl groups is 4. The average Bonchev–Trinajstić information content (AvgIpc) is 3.34. The monoisotopic (exact) mass is 518 g/mol. The SMILES string of the molecule is C[C@H]1OC(=O)[C@H](C)[C@]12C[C@H](O)[C@@](C)([C@@H]1CC[C@@]3(O)C4=CC(=O)[C@H]5C[C@@H](O)[C@@H](O)C[C@]5(C)[C@@H]4CC[C@]13C)O2. The molecule has 0 radical (unpaired) electrons. The Morgan fingerprint density at radius 1 is 0.946 bits per heavy atom. The van der Waals surface area contributed by atoms with Gasteiger partial charge in [-0.05, 0) is 88.2 Å². The van der Waals surface area contributed by atoms with Gasteiger partial charge >= 0.3 is 5.97 Å². The summed E-state index contributed by atoms with van der Waals surface area (Å²) in [6.45, 7) is 9.64. The first kappa shape index (κ1) is 25.9. The van der Waals surface area contributed by atoms with Crippen molar-refractivity contribution >= 4 is 11.8 Å². The highest BCUT2D eigenvalue weighted by Gasteiger charge is 2.73. The first-order valence-electron chi connectivity index (χ1n) is 14.1. The van der Waals surface area contributed by atoms with Gasteiger partial charge in [0.1, 0.15) is 11.7 Å². The van der Waals surface area contributed by atoms with Crippen LogP contribution in [-0.4, -0.2) is 73.4 Å². The van der Waals surface area contributed by atoms with Crippen LogP contribution >= 0.6 is 0 Å². The van der Waals surface area contributed by atoms with Crippen molar-refractivity contribution in [1.29, 1.82) is 0 Å². The van der Waals surface area contributed by atoms with E-state index in [-0.39, 0.29) is 35.9 Å². The zero-order chi connectivity index (χ0) is 26.9. The number of carbonyl (C=O) groups excluding carboxylic acids is 2. The Morgan fingerprint density at radius 3 is 2.30 bits per heavy atom. The number of aliphatic hydroxyl groups excluding tert-OH is 3. The normalized spacial score (nSPS) is 59.1. The molecule has 0 amide bonds. The standard InChI is InChI=1S/C29H42O8/c1-14-24(34)36-15(2)28(14)13-23(33)27(5,37-28)22-7-9-29(35)17-10-19(30)18-11-20(31)21(32)12-25(18,3)16(17)6-8-26(22,29)4/h10,14-16,18,20-23,31-33,35H,6-9,11-13H2,1-5H3/t14-,15+,16+,18+,20+,21-,22+,23-,25+,26+,27+,28+,29+/m0/s1. The van der Waals surface area contributed by atoms with Crippen LogP contribution in [-0.2, 0) is 19.1 Å². The maximum Gasteiger partial charge on any atom is 0.312 e. The van der Waals surface area contributed by atoms with Crippen molar-refractivity contribution in [2.45, 2.75) is 121 Å². The molecule has 8 heteroatoms. The van der Waals surface area contributed by atoms with Crippen LogP contribution in [0.5, 0.6) is 0 Å². The van der Waals surface area contributed by atoms with Gasteiger partial charge in [0.25, 0.3) is 0 Å². The summed E-state index contributed by atoms with van der Waals surface area (Å²) in [6, 6.07) is 0. The number of allylic oxidation sites excluding steroid dienone is 1. The summed E-state index contributed by atoms with van der Waals surface area (Å²) >= 11 is 0. The molecule has 3 saturated carbocycles. The van der Waals surface area contributed by atoms with Gasteiger partial charge in [-0.1, -0.05) is 13.8 Å². The molecule has 13 atom stereocenters. The van der Waals surface area contributed by atoms with Crippen molar-refractivity contribution in [3.05, 3.63) is 11.6 Å². The van der Waals surface area contributed by atoms with Crippen LogP contribution in [0, 0.1) is 34.5 Å². The predicted octanol–water partition coefficient (Wildman–Crippen LogP) is 2.05. The van der Waals surface area contributed by atoms with Gasteiger partial charge in [0.05, 0.1) is 35.4 Å². The van der Waals surface area contributed by atoms with E-state index in [1.807, 2.05) is 20.8 Å². The van der Waals surface area contributed by atoms with Crippen LogP contribution in [0.15, 0.2) is 11.6 Å². The van der Waals surface area contributed by atoms with E-state index in [4.69, 9.17) is 9.47 Å². The lowest BCUT2D eigenvalue weighted by Gasteiger charge is -2.60. The van der Waals surface area contributed by atoms with Crippen LogP contribution < -0.4 is 0 Å². The van der Waals surface area contributed by atoms with E-state index in [1.54, 1.807) is 13.0 Å². The van der Waals surface area contributed by atoms with Gasteiger partial charge in [-0.2, -0.15) is 0 Å². The lowest BCUT2D eigenvalue weighted by atomic mass is 9.45. The Bertz CT molecular complexity index is 1070. The molecular weight excluding hydrogens is 476 g/mol. The quantitative estimate of drug-likeness (QED) is 0.388. The zero-order valence-corrected chi connectivity index (χ0v) is 22.6. The average molecular weight is 519 g/mol. The number of cyclic esters (lactones) is 1. The molecule has 0 unspecified atom stereocenters. The molecule has 2 heterocycles. The molecule has 206 valence electrons. The summed E-state index contributed by atoms with van der Waals surface area (Å²) in [5, 5.41) is 44.8. The molecule has 0 bridgehead atoms. The molecule has 8 nitrogen and oxygen atoms in total. The molecule has 37 heavy (non-hydrogen) atoms. The van der Waals surface area contributed by atoms with E-state index in [0.29, 0.717) is 32.1 Å². The van der Waals surface area contributed by atoms with Gasteiger partial charge in [0.2, 0.25) is 0 Å². The van der Waals surface area contributed by atoms with E-state index in [9.17, 15) is 30.0 Å². The van der Waals surface area contributed by atoms with Crippen molar-refractivity contribution in [1.82, 2.24) is 0 Å². The van der Waals surface area contributed by atoms with Crippen LogP contribution in [0.1, 0.15) is 79.6 Å². The van der Waals surface area contributed by atoms with Crippen LogP contribution in [0.3, 0.4) is 0 Å². The molecule has 2 aliphatic heterocycles. The third-order valence-corrected chi connectivity index (χ3v) is 12.5. The van der Waals surface area contributed by atoms with Crippen molar-refractivity contribution in [3.8, 4) is 0 Å². The Kier molecular flexibility index (Phi) is 5.37. The van der Waals surface area contributed by atoms with Crippen molar-refractivity contribution in [2.24, 2.45) is 34.5 Å². The molecule has 6 aliphatic rings. The predicted molar refractivity (Wildman–Crippen MR) is 132 cm³/mol. The second-order valence-electron chi connectivity index (χ2n) is 13.9. The fraction of sp³-hybridized carbons (Fsp3) is 0.862. The molecule has 0 aromatic carbocycles. The lowest BCUT2D eigenvalue weighted by Crippen LogP contribution is -2.62. The number of fused-ring (bicyclic) bond motifs is 5. The second kappa shape index (κ2) is 7.66. The summed E-state index contributed by atoms with van der Waals surface area (Å²) in [7, 11) is 0. The first-order valence-corrected chi connectivity index (χ1v) is 14.1. The van der Waals surface area contributed by atoms with Crippen LogP contribution in [0.2, 0.25) is 0 Å². The van der Waals surface area contributed by atoms with Crippen molar-refractivity contribution < 1.29 is 39.5 Å². The molecule has 0 aromatic heterocycles. The van der Waals surface area contributed by atoms with Gasteiger partial charge in [-0.3, -0.25) is 9.59 Å². The van der Waals surface area contributed by atoms with E-state index < -0.39 is 58.0 Å². The maximum absolute atomic E-state index is 13.4. The smallest absolute Gasteiger partial charge is 0.312 e. The number of carbonyl (C=O) groups is 2. The highest BCUT2D eigenvalue weighted by molar-refractivity contribution is 5.95. The lowest BCUT2D eigenvalue weighted by molar-refractivity contribution is -0.203. The van der Waals surface area contributed by atoms with Gasteiger partial charge in [-0.15, -0.1) is 0 Å². The van der Waals surface area contributed by atoms with E-state index >= 15 is 0 Å². The highest BCUT2D eigenvalue weighted by Crippen LogP contribution is 2.70. The molecule has 4 N–H and O–H groups in total. The summed E-state index contributed by atoms with van der Waals surface area (Å²) in [4.78, 5) is 25.8. The summed E-state index contributed by atoms with van der Waals surface area (Å²) in [6.07, 6.45) is 1.92. The minimum Gasteiger partial charge on any atom is -0.459 e. The number of ether oxygens (including phenoxy) is 2. The van der Waals surface area contributed by atoms with E-state index in [1.165, 1.54) is 0 Å². The molecule has 0 aromatic rings. The van der Waals surface area contributed by atoms with Gasteiger partial charge in [0.15, 0.2) is 5.78 Å². The molecule has 5 fully saturated rings. The number of ketones is 1. The topological polar surface area (TPSA) is 134 Å². The maximum atomic E-state index is 13.4. The zero-order valence-electron chi connectivity index (χ0n) is 22.6. The number of hydrogen-bond donors (Lipinski definition) is 4. The number of rotatable bonds is 1. The molecule has 2 saturated heterocycles. The number of esters is 1. The van der Waals surface area contributed by atoms with E-state index in [2.05, 4.69) is 6.92 Å². The largest absolute Gasteiger partial charge is 0.459 e. The van der Waals surface area contributed by atoms with Crippen molar-refractivity contribution in [3.63, 3.8) is 0 Å². The first-order chi connectivity index (χ1) is 17.1. The molecular formula is C29H42O8. The fourth-order valence-electron chi connectivity index (χ4n) is 10.1. The summed E-state index contributed by atoms with van der Waals surface area (Å²) < 4.78 is 12.3. The van der Waals surface area contributed by atoms with Gasteiger partial charge in [0, 0.05) is 17.8 Å². The minimum absolute atomic E-state index is 0.0661. The Labute approximate surface area is 218 Å². The molecule has 4 aliphatic carbocycles. The fourth-order valence-corrected chi connectivity index (χ4v) is 10.1. The highest BCUT2D eigenvalue weighted by atomic mass is 16.6. The number of hydrogen-bond acceptors (Lipinski definition) is 8. The molecule has 1 spiro atoms. The molecule has 6 rings (SSSR count). The summed E-state index contributed by atoms with van der Waals surface area (Å²) in [5.74, 6) is -1.52. The third kappa shape index (κ3) is 2.97. The van der Waals surface area contributed by atoms with Gasteiger partial charge in [-0.25, -0.2) is 0 Å².